The Bertz CT molecular complexity index is 762. The molecule has 0 fully saturated rings. The average molecular weight is 310 g/mol. The second-order valence-electron chi connectivity index (χ2n) is 5.46. The standard InChI is InChI=1S/C18H18N2O3/c1-13-4-8-15(9-5-13)18(21)11-7-14-6-10-16(19(2)3)17(12-14)20(22)23/h4-12H,1-3H3/b11-7+. The van der Waals surface area contributed by atoms with Crippen LogP contribution in [0.1, 0.15) is 21.5 Å². The number of aryl methyl sites for hydroxylation is 1. The average Bonchev–Trinajstić information content (AvgIpc) is 2.52. The SMILES string of the molecule is Cc1ccc(C(=O)/C=C/c2ccc(N(C)C)c([N+](=O)[O-])c2)cc1. The molecule has 118 valence electrons. The minimum Gasteiger partial charge on any atom is -0.372 e. The van der Waals surface area contributed by atoms with Gasteiger partial charge in [0.1, 0.15) is 5.69 Å². The minimum absolute atomic E-state index is 0.0138. The molecule has 0 saturated carbocycles. The van der Waals surface area contributed by atoms with Crippen LogP contribution in [0.3, 0.4) is 0 Å². The van der Waals surface area contributed by atoms with E-state index in [2.05, 4.69) is 0 Å². The third-order valence-corrected chi connectivity index (χ3v) is 3.44. The second-order valence-corrected chi connectivity index (χ2v) is 5.46. The number of nitro benzene ring substituents is 1. The quantitative estimate of drug-likeness (QED) is 0.364. The van der Waals surface area contributed by atoms with Crippen molar-refractivity contribution < 1.29 is 9.72 Å². The third-order valence-electron chi connectivity index (χ3n) is 3.44. The number of nitrogens with zero attached hydrogens (tertiary/aromatic N) is 2. The molecular formula is C18H18N2O3. The van der Waals surface area contributed by atoms with Gasteiger partial charge in [0.05, 0.1) is 4.92 Å². The molecule has 0 N–H and O–H groups in total. The summed E-state index contributed by atoms with van der Waals surface area (Å²) < 4.78 is 0. The highest BCUT2D eigenvalue weighted by Gasteiger charge is 2.15. The fourth-order valence-electron chi connectivity index (χ4n) is 2.15. The van der Waals surface area contributed by atoms with E-state index < -0.39 is 4.92 Å². The van der Waals surface area contributed by atoms with Crippen molar-refractivity contribution in [1.29, 1.82) is 0 Å². The van der Waals surface area contributed by atoms with Gasteiger partial charge in [-0.25, -0.2) is 0 Å². The molecule has 5 heteroatoms. The first-order chi connectivity index (χ1) is 10.9. The van der Waals surface area contributed by atoms with Gasteiger partial charge in [0.2, 0.25) is 0 Å². The molecule has 0 amide bonds. The van der Waals surface area contributed by atoms with E-state index in [1.165, 1.54) is 12.1 Å². The maximum Gasteiger partial charge on any atom is 0.293 e. The van der Waals surface area contributed by atoms with E-state index in [4.69, 9.17) is 0 Å². The zero-order valence-corrected chi connectivity index (χ0v) is 13.3. The summed E-state index contributed by atoms with van der Waals surface area (Å²) in [7, 11) is 3.50. The topological polar surface area (TPSA) is 63.5 Å². The molecule has 0 aliphatic rings. The van der Waals surface area contributed by atoms with E-state index in [9.17, 15) is 14.9 Å². The number of carbonyl (C=O) groups excluding carboxylic acids is 1. The van der Waals surface area contributed by atoms with Gasteiger partial charge in [0, 0.05) is 25.7 Å². The molecule has 2 aromatic rings. The zero-order valence-electron chi connectivity index (χ0n) is 13.3. The lowest BCUT2D eigenvalue weighted by molar-refractivity contribution is -0.384. The fourth-order valence-corrected chi connectivity index (χ4v) is 2.15. The Morgan fingerprint density at radius 3 is 2.35 bits per heavy atom. The summed E-state index contributed by atoms with van der Waals surface area (Å²) in [6, 6.07) is 12.2. The van der Waals surface area contributed by atoms with Crippen LogP contribution in [-0.2, 0) is 0 Å². The molecule has 0 aromatic heterocycles. The number of hydrogen-bond acceptors (Lipinski definition) is 4. The molecule has 0 aliphatic heterocycles. The van der Waals surface area contributed by atoms with E-state index in [0.29, 0.717) is 16.8 Å². The predicted molar refractivity (Wildman–Crippen MR) is 92.0 cm³/mol. The van der Waals surface area contributed by atoms with E-state index in [1.807, 2.05) is 19.1 Å². The summed E-state index contributed by atoms with van der Waals surface area (Å²) in [5, 5.41) is 11.2. The smallest absolute Gasteiger partial charge is 0.293 e. The van der Waals surface area contributed by atoms with Crippen molar-refractivity contribution in [3.05, 3.63) is 75.3 Å². The highest BCUT2D eigenvalue weighted by atomic mass is 16.6. The van der Waals surface area contributed by atoms with Gasteiger partial charge in [-0.15, -0.1) is 0 Å². The number of rotatable bonds is 5. The van der Waals surface area contributed by atoms with Gasteiger partial charge in [-0.05, 0) is 24.6 Å². The van der Waals surface area contributed by atoms with Crippen LogP contribution >= 0.6 is 0 Å². The molecule has 2 aromatic carbocycles. The number of ketones is 1. The van der Waals surface area contributed by atoms with Gasteiger partial charge >= 0.3 is 0 Å². The van der Waals surface area contributed by atoms with Crippen molar-refractivity contribution in [2.75, 3.05) is 19.0 Å². The summed E-state index contributed by atoms with van der Waals surface area (Å²) in [5.41, 5.74) is 2.83. The molecule has 0 bridgehead atoms. The zero-order chi connectivity index (χ0) is 17.0. The van der Waals surface area contributed by atoms with Crippen LogP contribution in [0, 0.1) is 17.0 Å². The molecule has 0 saturated heterocycles. The number of benzene rings is 2. The van der Waals surface area contributed by atoms with Gasteiger partial charge in [-0.3, -0.25) is 14.9 Å². The first kappa shape index (κ1) is 16.4. The van der Waals surface area contributed by atoms with Crippen molar-refractivity contribution >= 4 is 23.2 Å². The van der Waals surface area contributed by atoms with Crippen LogP contribution < -0.4 is 4.90 Å². The highest BCUT2D eigenvalue weighted by Crippen LogP contribution is 2.28. The molecule has 0 atom stereocenters. The molecule has 0 aliphatic carbocycles. The molecule has 0 heterocycles. The van der Waals surface area contributed by atoms with Gasteiger partial charge in [0.15, 0.2) is 5.78 Å². The Morgan fingerprint density at radius 1 is 1.13 bits per heavy atom. The number of carbonyl (C=O) groups is 1. The van der Waals surface area contributed by atoms with Gasteiger partial charge < -0.3 is 4.90 Å². The van der Waals surface area contributed by atoms with Gasteiger partial charge in [-0.2, -0.15) is 0 Å². The highest BCUT2D eigenvalue weighted by molar-refractivity contribution is 6.06. The molecule has 0 radical (unpaired) electrons. The number of nitro groups is 1. The van der Waals surface area contributed by atoms with Crippen LogP contribution in [0.25, 0.3) is 6.08 Å². The minimum atomic E-state index is -0.422. The summed E-state index contributed by atoms with van der Waals surface area (Å²) in [5.74, 6) is -0.135. The summed E-state index contributed by atoms with van der Waals surface area (Å²) in [6.45, 7) is 1.95. The molecule has 0 unspecified atom stereocenters. The van der Waals surface area contributed by atoms with Crippen molar-refractivity contribution in [2.24, 2.45) is 0 Å². The number of allylic oxidation sites excluding steroid dienone is 1. The van der Waals surface area contributed by atoms with E-state index in [-0.39, 0.29) is 11.5 Å². The van der Waals surface area contributed by atoms with Crippen molar-refractivity contribution in [3.8, 4) is 0 Å². The first-order valence-electron chi connectivity index (χ1n) is 7.13. The molecule has 5 nitrogen and oxygen atoms in total. The van der Waals surface area contributed by atoms with E-state index in [0.717, 1.165) is 5.56 Å². The van der Waals surface area contributed by atoms with E-state index >= 15 is 0 Å². The van der Waals surface area contributed by atoms with Crippen LogP contribution in [0.15, 0.2) is 48.5 Å². The normalized spacial score (nSPS) is 10.7. The van der Waals surface area contributed by atoms with Crippen LogP contribution in [0.2, 0.25) is 0 Å². The molecule has 23 heavy (non-hydrogen) atoms. The summed E-state index contributed by atoms with van der Waals surface area (Å²) >= 11 is 0. The first-order valence-corrected chi connectivity index (χ1v) is 7.13. The Morgan fingerprint density at radius 2 is 1.78 bits per heavy atom. The van der Waals surface area contributed by atoms with Crippen molar-refractivity contribution in [1.82, 2.24) is 0 Å². The lowest BCUT2D eigenvalue weighted by atomic mass is 10.1. The Balaban J connectivity index is 2.25. The Kier molecular flexibility index (Phi) is 4.91. The van der Waals surface area contributed by atoms with Crippen LogP contribution in [0.4, 0.5) is 11.4 Å². The Labute approximate surface area is 135 Å². The second kappa shape index (κ2) is 6.87. The molecule has 0 spiro atoms. The monoisotopic (exact) mass is 310 g/mol. The van der Waals surface area contributed by atoms with Crippen molar-refractivity contribution in [2.45, 2.75) is 6.92 Å². The fraction of sp³-hybridized carbons (Fsp3) is 0.167. The third kappa shape index (κ3) is 4.03. The Hall–Kier alpha value is -2.95. The molecular weight excluding hydrogens is 292 g/mol. The van der Waals surface area contributed by atoms with Crippen LogP contribution in [0.5, 0.6) is 0 Å². The van der Waals surface area contributed by atoms with Gasteiger partial charge in [0.25, 0.3) is 5.69 Å². The van der Waals surface area contributed by atoms with Crippen molar-refractivity contribution in [3.63, 3.8) is 0 Å². The number of hydrogen-bond donors (Lipinski definition) is 0. The largest absolute Gasteiger partial charge is 0.372 e. The lowest BCUT2D eigenvalue weighted by Gasteiger charge is -2.12. The predicted octanol–water partition coefficient (Wildman–Crippen LogP) is 3.87. The number of anilines is 1. The maximum atomic E-state index is 12.1. The maximum absolute atomic E-state index is 12.1. The summed E-state index contributed by atoms with van der Waals surface area (Å²) in [4.78, 5) is 24.5. The van der Waals surface area contributed by atoms with Crippen LogP contribution in [-0.4, -0.2) is 24.8 Å². The van der Waals surface area contributed by atoms with Gasteiger partial charge in [-0.1, -0.05) is 42.0 Å². The van der Waals surface area contributed by atoms with E-state index in [1.54, 1.807) is 49.3 Å². The molecule has 2 rings (SSSR count). The lowest BCUT2D eigenvalue weighted by Crippen LogP contribution is -2.10. The summed E-state index contributed by atoms with van der Waals surface area (Å²) in [6.07, 6.45) is 3.02.